The Kier molecular flexibility index (Phi) is 7.15. The maximum atomic E-state index is 12.2. The van der Waals surface area contributed by atoms with E-state index in [2.05, 4.69) is 10.3 Å². The first-order chi connectivity index (χ1) is 12.0. The van der Waals surface area contributed by atoms with Gasteiger partial charge in [0.1, 0.15) is 17.3 Å². The minimum Gasteiger partial charge on any atom is -0.497 e. The Morgan fingerprint density at radius 2 is 2.16 bits per heavy atom. The minimum absolute atomic E-state index is 0.0789. The lowest BCUT2D eigenvalue weighted by atomic mass is 10.2. The van der Waals surface area contributed by atoms with Crippen LogP contribution in [0.25, 0.3) is 11.5 Å². The fourth-order valence-electron chi connectivity index (χ4n) is 2.13. The molecule has 2 aromatic rings. The molecule has 25 heavy (non-hydrogen) atoms. The van der Waals surface area contributed by atoms with Gasteiger partial charge in [-0.25, -0.2) is 4.98 Å². The number of aryl methyl sites for hydroxylation is 1. The Morgan fingerprint density at radius 3 is 2.88 bits per heavy atom. The number of rotatable bonds is 9. The zero-order valence-electron chi connectivity index (χ0n) is 14.5. The van der Waals surface area contributed by atoms with Crippen molar-refractivity contribution in [1.29, 1.82) is 0 Å². The zero-order chi connectivity index (χ0) is 18.2. The fourth-order valence-corrected chi connectivity index (χ4v) is 3.20. The largest absolute Gasteiger partial charge is 0.497 e. The second-order valence-corrected chi connectivity index (χ2v) is 6.78. The summed E-state index contributed by atoms with van der Waals surface area (Å²) >= 11 is 0. The molecule has 8 heteroatoms. The molecule has 7 nitrogen and oxygen atoms in total. The molecule has 0 saturated heterocycles. The molecule has 1 atom stereocenters. The molecule has 0 aliphatic carbocycles. The first-order valence-corrected chi connectivity index (χ1v) is 9.23. The lowest BCUT2D eigenvalue weighted by Crippen LogP contribution is -2.31. The maximum Gasteiger partial charge on any atom is 0.232 e. The summed E-state index contributed by atoms with van der Waals surface area (Å²) in [5.41, 5.74) is 1.36. The lowest BCUT2D eigenvalue weighted by Gasteiger charge is -2.04. The first kappa shape index (κ1) is 19.1. The van der Waals surface area contributed by atoms with Crippen LogP contribution in [0.3, 0.4) is 0 Å². The van der Waals surface area contributed by atoms with Gasteiger partial charge < -0.3 is 19.2 Å². The van der Waals surface area contributed by atoms with Gasteiger partial charge in [0.15, 0.2) is 0 Å². The van der Waals surface area contributed by atoms with Crippen LogP contribution in [0.1, 0.15) is 11.5 Å². The Labute approximate surface area is 149 Å². The van der Waals surface area contributed by atoms with Gasteiger partial charge in [0.2, 0.25) is 11.8 Å². The van der Waals surface area contributed by atoms with E-state index in [1.165, 1.54) is 0 Å². The molecule has 0 radical (unpaired) electrons. The van der Waals surface area contributed by atoms with E-state index < -0.39 is 10.8 Å². The highest BCUT2D eigenvalue weighted by atomic mass is 32.2. The van der Waals surface area contributed by atoms with Crippen LogP contribution in [-0.4, -0.2) is 48.2 Å². The third-order valence-electron chi connectivity index (χ3n) is 3.43. The molecule has 0 saturated carbocycles. The van der Waals surface area contributed by atoms with Crippen molar-refractivity contribution in [2.45, 2.75) is 12.7 Å². The summed E-state index contributed by atoms with van der Waals surface area (Å²) in [5.74, 6) is 1.54. The van der Waals surface area contributed by atoms with Crippen molar-refractivity contribution in [3.63, 3.8) is 0 Å². The van der Waals surface area contributed by atoms with Crippen LogP contribution in [0.5, 0.6) is 5.75 Å². The summed E-state index contributed by atoms with van der Waals surface area (Å²) in [4.78, 5) is 16.1. The third-order valence-corrected chi connectivity index (χ3v) is 4.61. The normalized spacial score (nSPS) is 12.0. The average Bonchev–Trinajstić information content (AvgIpc) is 2.95. The van der Waals surface area contributed by atoms with Crippen LogP contribution in [0.15, 0.2) is 28.7 Å². The summed E-state index contributed by atoms with van der Waals surface area (Å²) in [5, 5.41) is 2.64. The summed E-state index contributed by atoms with van der Waals surface area (Å²) < 4.78 is 27.9. The van der Waals surface area contributed by atoms with E-state index in [0.29, 0.717) is 36.2 Å². The van der Waals surface area contributed by atoms with Crippen LogP contribution >= 0.6 is 0 Å². The molecule has 2 rings (SSSR count). The summed E-state index contributed by atoms with van der Waals surface area (Å²) in [6.07, 6.45) is 0. The number of aromatic nitrogens is 1. The molecule has 1 heterocycles. The second kappa shape index (κ2) is 9.33. The van der Waals surface area contributed by atoms with Crippen LogP contribution < -0.4 is 10.1 Å². The van der Waals surface area contributed by atoms with Crippen molar-refractivity contribution >= 4 is 16.7 Å². The van der Waals surface area contributed by atoms with E-state index >= 15 is 0 Å². The molecule has 1 N–H and O–H groups in total. The Bertz CT molecular complexity index is 744. The van der Waals surface area contributed by atoms with Gasteiger partial charge in [0, 0.05) is 30.0 Å². The number of methoxy groups -OCH3 is 2. The van der Waals surface area contributed by atoms with Crippen LogP contribution in [0.4, 0.5) is 0 Å². The number of ether oxygens (including phenoxy) is 2. The van der Waals surface area contributed by atoms with Gasteiger partial charge in [-0.2, -0.15) is 0 Å². The lowest BCUT2D eigenvalue weighted by molar-refractivity contribution is -0.118. The maximum absolute atomic E-state index is 12.2. The van der Waals surface area contributed by atoms with Gasteiger partial charge in [0.05, 0.1) is 25.2 Å². The number of amides is 1. The van der Waals surface area contributed by atoms with Gasteiger partial charge in [-0.3, -0.25) is 9.00 Å². The van der Waals surface area contributed by atoms with E-state index in [1.54, 1.807) is 21.1 Å². The number of carbonyl (C=O) groups is 1. The monoisotopic (exact) mass is 366 g/mol. The predicted molar refractivity (Wildman–Crippen MR) is 94.8 cm³/mol. The molecule has 1 amide bonds. The number of nitrogens with one attached hydrogen (secondary N) is 1. The smallest absolute Gasteiger partial charge is 0.232 e. The molecule has 0 bridgehead atoms. The van der Waals surface area contributed by atoms with Gasteiger partial charge in [-0.05, 0) is 25.1 Å². The number of oxazole rings is 1. The molecule has 1 unspecified atom stereocenters. The molecule has 0 aliphatic rings. The SMILES string of the molecule is COCCNC(=O)CS(=O)Cc1nc(-c2cccc(OC)c2)oc1C. The molecule has 0 spiro atoms. The number of nitrogens with zero attached hydrogens (tertiary/aromatic N) is 1. The predicted octanol–water partition coefficient (Wildman–Crippen LogP) is 1.67. The molecule has 136 valence electrons. The number of hydrogen-bond acceptors (Lipinski definition) is 6. The molecule has 1 aromatic carbocycles. The molecule has 0 aliphatic heterocycles. The first-order valence-electron chi connectivity index (χ1n) is 7.74. The minimum atomic E-state index is -1.37. The molecule has 0 fully saturated rings. The highest BCUT2D eigenvalue weighted by Gasteiger charge is 2.16. The van der Waals surface area contributed by atoms with Gasteiger partial charge >= 0.3 is 0 Å². The second-order valence-electron chi connectivity index (χ2n) is 5.33. The van der Waals surface area contributed by atoms with Crippen LogP contribution in [0.2, 0.25) is 0 Å². The molecule has 1 aromatic heterocycles. The summed E-state index contributed by atoms with van der Waals surface area (Å²) in [6, 6.07) is 7.35. The Hall–Kier alpha value is -2.19. The van der Waals surface area contributed by atoms with Crippen LogP contribution in [0, 0.1) is 6.92 Å². The van der Waals surface area contributed by atoms with Crippen molar-refractivity contribution in [2.75, 3.05) is 33.1 Å². The molecular weight excluding hydrogens is 344 g/mol. The van der Waals surface area contributed by atoms with E-state index in [1.807, 2.05) is 24.3 Å². The Balaban J connectivity index is 2.00. The summed E-state index contributed by atoms with van der Waals surface area (Å²) in [7, 11) is 1.78. The quantitative estimate of drug-likeness (QED) is 0.679. The van der Waals surface area contributed by atoms with Crippen molar-refractivity contribution < 1.29 is 22.9 Å². The standard InChI is InChI=1S/C17H22N2O5S/c1-12-15(10-25(21)11-16(20)18-7-8-22-2)19-17(24-12)13-5-4-6-14(9-13)23-3/h4-6,9H,7-8,10-11H2,1-3H3,(H,18,20). The van der Waals surface area contributed by atoms with Gasteiger partial charge in [-0.15, -0.1) is 0 Å². The highest BCUT2D eigenvalue weighted by molar-refractivity contribution is 7.84. The zero-order valence-corrected chi connectivity index (χ0v) is 15.4. The van der Waals surface area contributed by atoms with Gasteiger partial charge in [-0.1, -0.05) is 6.07 Å². The number of hydrogen-bond donors (Lipinski definition) is 1. The van der Waals surface area contributed by atoms with Crippen LogP contribution in [-0.2, 0) is 26.1 Å². The number of carbonyl (C=O) groups excluding carboxylic acids is 1. The van der Waals surface area contributed by atoms with Crippen molar-refractivity contribution in [3.05, 3.63) is 35.7 Å². The summed E-state index contributed by atoms with van der Waals surface area (Å²) in [6.45, 7) is 2.59. The average molecular weight is 366 g/mol. The topological polar surface area (TPSA) is 90.7 Å². The van der Waals surface area contributed by atoms with E-state index in [0.717, 1.165) is 5.56 Å². The number of benzene rings is 1. The van der Waals surface area contributed by atoms with E-state index in [4.69, 9.17) is 13.9 Å². The van der Waals surface area contributed by atoms with Crippen molar-refractivity contribution in [2.24, 2.45) is 0 Å². The fraction of sp³-hybridized carbons (Fsp3) is 0.412. The van der Waals surface area contributed by atoms with Crippen molar-refractivity contribution in [3.8, 4) is 17.2 Å². The van der Waals surface area contributed by atoms with Crippen molar-refractivity contribution in [1.82, 2.24) is 10.3 Å². The van der Waals surface area contributed by atoms with Gasteiger partial charge in [0.25, 0.3) is 0 Å². The highest BCUT2D eigenvalue weighted by Crippen LogP contribution is 2.25. The molecular formula is C17H22N2O5S. The van der Waals surface area contributed by atoms with E-state index in [9.17, 15) is 9.00 Å². The Morgan fingerprint density at radius 1 is 1.36 bits per heavy atom. The third kappa shape index (κ3) is 5.68. The van der Waals surface area contributed by atoms with E-state index in [-0.39, 0.29) is 17.4 Å².